The third-order valence-electron chi connectivity index (χ3n) is 14.7. The van der Waals surface area contributed by atoms with E-state index in [2.05, 4.69) is 62.5 Å². The molecule has 10 amide bonds. The number of unbranched alkanes of at least 4 members (excludes halogenated alkanes) is 1. The fourth-order valence-corrected chi connectivity index (χ4v) is 9.96. The lowest BCUT2D eigenvalue weighted by Gasteiger charge is -2.30. The highest BCUT2D eigenvalue weighted by atomic mass is 19.1. The molecule has 2 aromatic carbocycles. The molecule has 8 atom stereocenters. The van der Waals surface area contributed by atoms with Crippen LogP contribution in [0.15, 0.2) is 72.2 Å². The van der Waals surface area contributed by atoms with Crippen LogP contribution in [0.3, 0.4) is 0 Å². The molecule has 0 aliphatic carbocycles. The maximum atomic E-state index is 14.7. The second-order valence-electron chi connectivity index (χ2n) is 22.2. The Morgan fingerprint density at radius 3 is 1.98 bits per heavy atom. The number of halogens is 1. The van der Waals surface area contributed by atoms with Gasteiger partial charge in [-0.05, 0) is 73.8 Å². The van der Waals surface area contributed by atoms with Crippen molar-refractivity contribution in [2.45, 2.75) is 147 Å². The molecule has 1 aliphatic rings. The maximum Gasteiger partial charge on any atom is 0.245 e. The minimum Gasteiger partial charge on any atom is -0.508 e. The Labute approximate surface area is 509 Å². The molecule has 4 aromatic rings. The average Bonchev–Trinajstić information content (AvgIpc) is 3.00. The topological polar surface area (TPSA) is 423 Å². The number of hydrogen-bond donors (Lipinski definition) is 14. The van der Waals surface area contributed by atoms with Gasteiger partial charge in [0.1, 0.15) is 60.8 Å². The summed E-state index contributed by atoms with van der Waals surface area (Å²) >= 11 is 0. The lowest BCUT2D eigenvalue weighted by Crippen LogP contribution is -2.61. The van der Waals surface area contributed by atoms with Crippen LogP contribution in [0.1, 0.15) is 95.9 Å². The molecule has 28 nitrogen and oxygen atoms in total. The second kappa shape index (κ2) is 34.9. The summed E-state index contributed by atoms with van der Waals surface area (Å²) in [5.74, 6) is -7.95. The number of alkyl halides is 1. The number of nitrogens with one attached hydrogen (secondary N) is 10. The second-order valence-corrected chi connectivity index (χ2v) is 22.2. The number of nitrogens with zero attached hydrogens (tertiary/aromatic N) is 4. The number of carbonyl (C=O) groups is 10. The quantitative estimate of drug-likeness (QED) is 0.0147. The highest BCUT2D eigenvalue weighted by molar-refractivity contribution is 5.99. The number of fused-ring (bicyclic) bond motifs is 1. The number of likely N-dealkylation sites (N-methyl/N-ethyl adjacent to an activating group) is 1. The van der Waals surface area contributed by atoms with E-state index < -0.39 is 127 Å². The van der Waals surface area contributed by atoms with Crippen molar-refractivity contribution in [2.24, 2.45) is 22.4 Å². The maximum absolute atomic E-state index is 14.7. The number of likely N-dealkylation sites (tertiary alicyclic amines) is 1. The third kappa shape index (κ3) is 21.7. The fraction of sp³-hybridized carbons (Fsp3) is 0.525. The van der Waals surface area contributed by atoms with Gasteiger partial charge in [0.2, 0.25) is 59.1 Å². The van der Waals surface area contributed by atoms with Crippen LogP contribution >= 0.6 is 0 Å². The van der Waals surface area contributed by atoms with E-state index >= 15 is 0 Å². The van der Waals surface area contributed by atoms with Crippen LogP contribution in [0.5, 0.6) is 5.75 Å². The van der Waals surface area contributed by atoms with E-state index in [0.29, 0.717) is 53.4 Å². The number of benzene rings is 2. The van der Waals surface area contributed by atoms with E-state index in [9.17, 15) is 62.5 Å². The minimum atomic E-state index is -1.76. The number of aromatic amines is 2. The molecule has 29 heteroatoms. The third-order valence-corrected chi connectivity index (χ3v) is 14.7. The zero-order valence-electron chi connectivity index (χ0n) is 50.4. The van der Waals surface area contributed by atoms with Crippen LogP contribution in [0, 0.1) is 5.92 Å². The average molecular weight is 1230 g/mol. The molecule has 0 bridgehead atoms. The number of H-pyrrole nitrogens is 2. The van der Waals surface area contributed by atoms with Gasteiger partial charge in [-0.3, -0.25) is 52.9 Å². The van der Waals surface area contributed by atoms with Crippen molar-refractivity contribution in [3.8, 4) is 5.75 Å². The van der Waals surface area contributed by atoms with E-state index in [0.717, 1.165) is 4.90 Å². The van der Waals surface area contributed by atoms with Gasteiger partial charge in [-0.15, -0.1) is 0 Å². The number of carbonyl (C=O) groups excluding carboxylic acids is 10. The summed E-state index contributed by atoms with van der Waals surface area (Å²) < 4.78 is 13.0. The molecule has 480 valence electrons. The van der Waals surface area contributed by atoms with Crippen LogP contribution in [-0.4, -0.2) is 195 Å². The van der Waals surface area contributed by atoms with Crippen LogP contribution in [0.2, 0.25) is 0 Å². The number of guanidine groups is 1. The van der Waals surface area contributed by atoms with Crippen molar-refractivity contribution in [2.75, 3.05) is 46.5 Å². The van der Waals surface area contributed by atoms with Gasteiger partial charge in [0.05, 0.1) is 19.5 Å². The largest absolute Gasteiger partial charge is 0.508 e. The molecule has 1 aliphatic heterocycles. The number of amides is 10. The summed E-state index contributed by atoms with van der Waals surface area (Å²) in [4.78, 5) is 156. The predicted octanol–water partition coefficient (Wildman–Crippen LogP) is -1.14. The molecule has 88 heavy (non-hydrogen) atoms. The molecule has 0 saturated carbocycles. The Hall–Kier alpha value is -9.15. The van der Waals surface area contributed by atoms with Crippen LogP contribution < -0.4 is 54.0 Å². The lowest BCUT2D eigenvalue weighted by molar-refractivity contribution is -0.142. The van der Waals surface area contributed by atoms with E-state index in [-0.39, 0.29) is 82.2 Å². The van der Waals surface area contributed by atoms with Gasteiger partial charge < -0.3 is 84.0 Å². The number of phenols is 1. The SMILES string of the molecule is CCCC[C@@H](NC(=O)[C@H](Cc1ccc(O)cc1)NC(=O)[C@H](CO)NC(=O)[C@H](Cc1c[nH]c2ccccc12)NC(=O)[C@H](Cc1cnc[nH]1)NC(=O)CN(C)C(C)=O)C(=O)N[C@@H](CC(C)C)C(=O)N[C@@H](CCCN=C(N)N)C(=O)N1CCC[C@H]1C(=O)NCCF. The van der Waals surface area contributed by atoms with Crippen molar-refractivity contribution < 1.29 is 62.5 Å². The Morgan fingerprint density at radius 1 is 0.761 bits per heavy atom. The molecule has 5 rings (SSSR count). The number of nitrogens with two attached hydrogens (primary N) is 2. The van der Waals surface area contributed by atoms with Gasteiger partial charge in [-0.2, -0.15) is 0 Å². The first kappa shape index (κ1) is 69.6. The molecular weight excluding hydrogens is 1140 g/mol. The molecule has 3 heterocycles. The molecule has 0 unspecified atom stereocenters. The first-order chi connectivity index (χ1) is 42.0. The highest BCUT2D eigenvalue weighted by Gasteiger charge is 2.39. The number of hydrogen-bond acceptors (Lipinski definition) is 14. The zero-order valence-corrected chi connectivity index (χ0v) is 50.4. The summed E-state index contributed by atoms with van der Waals surface area (Å²) in [6.45, 7) is 4.58. The number of aromatic hydroxyl groups is 1. The number of aromatic nitrogens is 3. The van der Waals surface area contributed by atoms with Crippen molar-refractivity contribution >= 4 is 75.9 Å². The summed E-state index contributed by atoms with van der Waals surface area (Å²) in [7, 11) is 1.41. The van der Waals surface area contributed by atoms with E-state index in [1.54, 1.807) is 30.5 Å². The molecular formula is C59H85FN16O12. The monoisotopic (exact) mass is 1230 g/mol. The van der Waals surface area contributed by atoms with Gasteiger partial charge in [0.25, 0.3) is 0 Å². The van der Waals surface area contributed by atoms with Gasteiger partial charge in [0.15, 0.2) is 5.96 Å². The van der Waals surface area contributed by atoms with Crippen LogP contribution in [0.4, 0.5) is 4.39 Å². The summed E-state index contributed by atoms with van der Waals surface area (Å²) in [5.41, 5.74) is 13.2. The number of aliphatic imine (C=N–C) groups is 1. The smallest absolute Gasteiger partial charge is 0.245 e. The molecule has 1 saturated heterocycles. The number of rotatable bonds is 35. The molecule has 2 aromatic heterocycles. The van der Waals surface area contributed by atoms with Crippen molar-refractivity contribution in [1.29, 1.82) is 0 Å². The first-order valence-electron chi connectivity index (χ1n) is 29.5. The van der Waals surface area contributed by atoms with E-state index in [4.69, 9.17) is 11.5 Å². The standard InChI is InChI=1S/C59H85FN16O12/c1-6-7-13-42(51(81)71-44(25-34(2)3)52(82)70-43(15-10-22-65-59(61)62)58(88)76-24-11-16-49(76)57(87)64-23-21-60)69-53(83)45(26-36-17-19-39(79)20-18-36)72-56(86)48(32-77)74-54(84)46(27-37-29-66-41-14-9-8-12-40(37)41)73-55(85)47(28-38-30-63-33-67-38)68-50(80)31-75(5)35(4)78/h8-9,12,14,17-20,29-30,33-34,42-49,66,77,79H,6-7,10-11,13,15-16,21-28,31-32H2,1-5H3,(H,63,67)(H,64,87)(H,68,80)(H,69,83)(H,70,82)(H,71,81)(H,72,86)(H,73,85)(H,74,84)(H4,61,62,65)/t42-,43+,44+,45+,46+,47+,48+,49+/m1/s1. The van der Waals surface area contributed by atoms with E-state index in [1.165, 1.54) is 55.7 Å². The van der Waals surface area contributed by atoms with Crippen LogP contribution in [0.25, 0.3) is 10.9 Å². The van der Waals surface area contributed by atoms with E-state index in [1.807, 2.05) is 20.8 Å². The Morgan fingerprint density at radius 2 is 1.35 bits per heavy atom. The number of para-hydroxylation sites is 1. The number of phenolic OH excluding ortho intramolecular Hbond substituents is 1. The molecule has 1 fully saturated rings. The Kier molecular flexibility index (Phi) is 27.6. The predicted molar refractivity (Wildman–Crippen MR) is 323 cm³/mol. The van der Waals surface area contributed by atoms with Crippen LogP contribution in [-0.2, 0) is 67.2 Å². The number of aliphatic hydroxyl groups is 1. The van der Waals surface area contributed by atoms with Gasteiger partial charge >= 0.3 is 0 Å². The van der Waals surface area contributed by atoms with Crippen molar-refractivity contribution in [1.82, 2.24) is 67.3 Å². The number of aliphatic hydroxyl groups excluding tert-OH is 1. The zero-order chi connectivity index (χ0) is 64.5. The summed E-state index contributed by atoms with van der Waals surface area (Å²) in [5, 5.41) is 42.8. The highest BCUT2D eigenvalue weighted by Crippen LogP contribution is 2.22. The first-order valence-corrected chi connectivity index (χ1v) is 29.5. The van der Waals surface area contributed by atoms with Crippen molar-refractivity contribution in [3.05, 3.63) is 84.1 Å². The Bertz CT molecular complexity index is 3030. The van der Waals surface area contributed by atoms with Crippen molar-refractivity contribution in [3.63, 3.8) is 0 Å². The molecule has 0 radical (unpaired) electrons. The molecule has 16 N–H and O–H groups in total. The number of imidazole rings is 1. The normalized spacial score (nSPS) is 15.3. The van der Waals surface area contributed by atoms with Gasteiger partial charge in [-0.25, -0.2) is 9.37 Å². The Balaban J connectivity index is 1.39. The molecule has 0 spiro atoms. The fourth-order valence-electron chi connectivity index (χ4n) is 9.96. The summed E-state index contributed by atoms with van der Waals surface area (Å²) in [6.07, 6.45) is 6.05. The van der Waals surface area contributed by atoms with Gasteiger partial charge in [-0.1, -0.05) is 63.9 Å². The summed E-state index contributed by atoms with van der Waals surface area (Å²) in [6, 6.07) is 2.08. The lowest BCUT2D eigenvalue weighted by atomic mass is 10.00. The minimum absolute atomic E-state index is 0.0308. The van der Waals surface area contributed by atoms with Gasteiger partial charge in [0, 0.05) is 81.9 Å².